The van der Waals surface area contributed by atoms with Crippen molar-refractivity contribution < 1.29 is 0 Å². The van der Waals surface area contributed by atoms with Gasteiger partial charge in [-0.25, -0.2) is 0 Å². The van der Waals surface area contributed by atoms with Gasteiger partial charge in [0.15, 0.2) is 0 Å². The van der Waals surface area contributed by atoms with Gasteiger partial charge in [-0.2, -0.15) is 0 Å². The van der Waals surface area contributed by atoms with E-state index in [2.05, 4.69) is 48.2 Å². The van der Waals surface area contributed by atoms with Crippen molar-refractivity contribution in [3.8, 4) is 0 Å². The first-order valence-corrected chi connectivity index (χ1v) is 5.47. The standard InChI is InChI=1S/C13H18N2/c1-15(2)10-4-7-11-5-3-6-12-8-9-14-13(11)12/h3,5-6,8-9,14H,4,7,10H2,1-2H3. The third kappa shape index (κ3) is 2.39. The highest BCUT2D eigenvalue weighted by atomic mass is 15.0. The normalized spacial score (nSPS) is 11.4. The Morgan fingerprint density at radius 1 is 1.20 bits per heavy atom. The van der Waals surface area contributed by atoms with Crippen molar-refractivity contribution in [3.05, 3.63) is 36.0 Å². The average molecular weight is 202 g/mol. The van der Waals surface area contributed by atoms with E-state index in [-0.39, 0.29) is 0 Å². The number of aromatic nitrogens is 1. The zero-order valence-corrected chi connectivity index (χ0v) is 9.46. The Kier molecular flexibility index (Phi) is 3.07. The lowest BCUT2D eigenvalue weighted by Crippen LogP contribution is -2.13. The molecule has 2 rings (SSSR count). The van der Waals surface area contributed by atoms with Gasteiger partial charge in [0, 0.05) is 11.7 Å². The maximum absolute atomic E-state index is 3.31. The summed E-state index contributed by atoms with van der Waals surface area (Å²) in [6, 6.07) is 8.64. The van der Waals surface area contributed by atoms with Gasteiger partial charge < -0.3 is 9.88 Å². The Morgan fingerprint density at radius 2 is 2.07 bits per heavy atom. The molecule has 1 N–H and O–H groups in total. The Bertz CT molecular complexity index is 429. The van der Waals surface area contributed by atoms with E-state index in [1.807, 2.05) is 6.20 Å². The second-order valence-electron chi connectivity index (χ2n) is 4.27. The molecule has 0 aliphatic rings. The number of nitrogens with zero attached hydrogens (tertiary/aromatic N) is 1. The first kappa shape index (κ1) is 10.2. The Hall–Kier alpha value is -1.28. The van der Waals surface area contributed by atoms with Gasteiger partial charge in [-0.15, -0.1) is 0 Å². The third-order valence-electron chi connectivity index (χ3n) is 2.72. The number of aryl methyl sites for hydroxylation is 1. The molecule has 0 fully saturated rings. The van der Waals surface area contributed by atoms with Crippen LogP contribution in [-0.4, -0.2) is 30.5 Å². The zero-order chi connectivity index (χ0) is 10.7. The lowest BCUT2D eigenvalue weighted by Gasteiger charge is -2.09. The van der Waals surface area contributed by atoms with E-state index in [9.17, 15) is 0 Å². The molecule has 1 aromatic heterocycles. The molecule has 0 unspecified atom stereocenters. The summed E-state index contributed by atoms with van der Waals surface area (Å²) in [6.45, 7) is 1.15. The van der Waals surface area contributed by atoms with Gasteiger partial charge in [-0.05, 0) is 50.5 Å². The summed E-state index contributed by atoms with van der Waals surface area (Å²) in [7, 11) is 4.24. The molecule has 0 saturated carbocycles. The third-order valence-corrected chi connectivity index (χ3v) is 2.72. The summed E-state index contributed by atoms with van der Waals surface area (Å²) in [5.41, 5.74) is 2.73. The van der Waals surface area contributed by atoms with Crippen LogP contribution in [0.2, 0.25) is 0 Å². The molecule has 0 bridgehead atoms. The van der Waals surface area contributed by atoms with Crippen molar-refractivity contribution >= 4 is 10.9 Å². The molecular formula is C13H18N2. The van der Waals surface area contributed by atoms with Crippen molar-refractivity contribution in [2.45, 2.75) is 12.8 Å². The van der Waals surface area contributed by atoms with Crippen LogP contribution >= 0.6 is 0 Å². The molecule has 80 valence electrons. The molecule has 0 aliphatic carbocycles. The van der Waals surface area contributed by atoms with Crippen molar-refractivity contribution in [2.75, 3.05) is 20.6 Å². The molecular weight excluding hydrogens is 184 g/mol. The number of fused-ring (bicyclic) bond motifs is 1. The lowest BCUT2D eigenvalue weighted by atomic mass is 10.1. The maximum Gasteiger partial charge on any atom is 0.0486 e. The van der Waals surface area contributed by atoms with E-state index in [0.717, 1.165) is 13.0 Å². The summed E-state index contributed by atoms with van der Waals surface area (Å²) < 4.78 is 0. The quantitative estimate of drug-likeness (QED) is 0.807. The zero-order valence-electron chi connectivity index (χ0n) is 9.46. The minimum atomic E-state index is 1.15. The predicted molar refractivity (Wildman–Crippen MR) is 65.2 cm³/mol. The fourth-order valence-electron chi connectivity index (χ4n) is 1.94. The Balaban J connectivity index is 2.10. The fraction of sp³-hybridized carbons (Fsp3) is 0.385. The van der Waals surface area contributed by atoms with Crippen LogP contribution in [0.5, 0.6) is 0 Å². The monoisotopic (exact) mass is 202 g/mol. The molecule has 0 amide bonds. The number of hydrogen-bond donors (Lipinski definition) is 1. The highest BCUT2D eigenvalue weighted by Crippen LogP contribution is 2.18. The minimum absolute atomic E-state index is 1.15. The van der Waals surface area contributed by atoms with Crippen molar-refractivity contribution in [1.29, 1.82) is 0 Å². The van der Waals surface area contributed by atoms with Crippen LogP contribution in [0.3, 0.4) is 0 Å². The largest absolute Gasteiger partial charge is 0.361 e. The van der Waals surface area contributed by atoms with Gasteiger partial charge in [0.05, 0.1) is 0 Å². The molecule has 2 heteroatoms. The SMILES string of the molecule is CN(C)CCCc1cccc2cc[nH]c12. The van der Waals surface area contributed by atoms with E-state index in [1.165, 1.54) is 22.9 Å². The first-order valence-electron chi connectivity index (χ1n) is 5.47. The summed E-state index contributed by atoms with van der Waals surface area (Å²) >= 11 is 0. The van der Waals surface area contributed by atoms with Gasteiger partial charge in [0.25, 0.3) is 0 Å². The van der Waals surface area contributed by atoms with E-state index < -0.39 is 0 Å². The minimum Gasteiger partial charge on any atom is -0.361 e. The van der Waals surface area contributed by atoms with Gasteiger partial charge in [0.1, 0.15) is 0 Å². The van der Waals surface area contributed by atoms with Crippen LogP contribution in [0.15, 0.2) is 30.5 Å². The molecule has 2 aromatic rings. The van der Waals surface area contributed by atoms with Gasteiger partial charge in [-0.3, -0.25) is 0 Å². The number of H-pyrrole nitrogens is 1. The lowest BCUT2D eigenvalue weighted by molar-refractivity contribution is 0.400. The number of rotatable bonds is 4. The number of benzene rings is 1. The topological polar surface area (TPSA) is 19.0 Å². The molecule has 2 nitrogen and oxygen atoms in total. The number of para-hydroxylation sites is 1. The highest BCUT2D eigenvalue weighted by molar-refractivity contribution is 5.82. The van der Waals surface area contributed by atoms with Crippen LogP contribution in [0.4, 0.5) is 0 Å². The molecule has 0 radical (unpaired) electrons. The second-order valence-corrected chi connectivity index (χ2v) is 4.27. The van der Waals surface area contributed by atoms with Gasteiger partial charge >= 0.3 is 0 Å². The van der Waals surface area contributed by atoms with Gasteiger partial charge in [0.2, 0.25) is 0 Å². The summed E-state index contributed by atoms with van der Waals surface area (Å²) in [5.74, 6) is 0. The molecule has 1 heterocycles. The van der Waals surface area contributed by atoms with Crippen LogP contribution < -0.4 is 0 Å². The molecule has 1 aromatic carbocycles. The number of aromatic amines is 1. The maximum atomic E-state index is 3.31. The second kappa shape index (κ2) is 4.49. The van der Waals surface area contributed by atoms with Gasteiger partial charge in [-0.1, -0.05) is 18.2 Å². The Morgan fingerprint density at radius 3 is 2.87 bits per heavy atom. The van der Waals surface area contributed by atoms with Crippen molar-refractivity contribution in [2.24, 2.45) is 0 Å². The Labute approximate surface area is 90.9 Å². The molecule has 0 spiro atoms. The van der Waals surface area contributed by atoms with Crippen molar-refractivity contribution in [1.82, 2.24) is 9.88 Å². The van der Waals surface area contributed by atoms with E-state index in [0.29, 0.717) is 0 Å². The highest BCUT2D eigenvalue weighted by Gasteiger charge is 2.01. The molecule has 15 heavy (non-hydrogen) atoms. The summed E-state index contributed by atoms with van der Waals surface area (Å²) in [6.07, 6.45) is 4.38. The number of hydrogen-bond acceptors (Lipinski definition) is 1. The smallest absolute Gasteiger partial charge is 0.0486 e. The fourth-order valence-corrected chi connectivity index (χ4v) is 1.94. The molecule has 0 saturated heterocycles. The number of nitrogens with one attached hydrogen (secondary N) is 1. The van der Waals surface area contributed by atoms with E-state index in [1.54, 1.807) is 0 Å². The summed E-state index contributed by atoms with van der Waals surface area (Å²) in [5, 5.41) is 1.32. The predicted octanol–water partition coefficient (Wildman–Crippen LogP) is 2.66. The van der Waals surface area contributed by atoms with E-state index in [4.69, 9.17) is 0 Å². The first-order chi connectivity index (χ1) is 7.27. The van der Waals surface area contributed by atoms with Crippen molar-refractivity contribution in [3.63, 3.8) is 0 Å². The van der Waals surface area contributed by atoms with Crippen LogP contribution in [0.1, 0.15) is 12.0 Å². The van der Waals surface area contributed by atoms with Crippen LogP contribution in [0.25, 0.3) is 10.9 Å². The summed E-state index contributed by atoms with van der Waals surface area (Å²) in [4.78, 5) is 5.54. The van der Waals surface area contributed by atoms with Crippen LogP contribution in [-0.2, 0) is 6.42 Å². The van der Waals surface area contributed by atoms with Crippen LogP contribution in [0, 0.1) is 0 Å². The van der Waals surface area contributed by atoms with E-state index >= 15 is 0 Å². The average Bonchev–Trinajstić information content (AvgIpc) is 2.65. The molecule has 0 atom stereocenters. The molecule has 0 aliphatic heterocycles.